The first-order valence-corrected chi connectivity index (χ1v) is 8.16. The van der Waals surface area contributed by atoms with Crippen molar-refractivity contribution in [3.8, 4) is 0 Å². The topological polar surface area (TPSA) is 35.5 Å². The molecule has 1 saturated heterocycles. The normalized spacial score (nSPS) is 22.3. The van der Waals surface area contributed by atoms with Gasteiger partial charge in [0, 0.05) is 19.1 Å². The van der Waals surface area contributed by atoms with Crippen molar-refractivity contribution in [3.63, 3.8) is 0 Å². The maximum atomic E-state index is 10.4. The van der Waals surface area contributed by atoms with Gasteiger partial charge in [0.1, 0.15) is 0 Å². The van der Waals surface area contributed by atoms with E-state index in [4.69, 9.17) is 0 Å². The van der Waals surface area contributed by atoms with Crippen LogP contribution in [-0.2, 0) is 0 Å². The SMILES string of the molecule is CCC(C)C(C)(O)CNC1CCN(CC=C(C)C)CC1. The minimum atomic E-state index is -0.589. The molecule has 2 N–H and O–H groups in total. The molecule has 118 valence electrons. The lowest BCUT2D eigenvalue weighted by molar-refractivity contribution is 0.00148. The summed E-state index contributed by atoms with van der Waals surface area (Å²) < 4.78 is 0. The van der Waals surface area contributed by atoms with Crippen molar-refractivity contribution in [3.05, 3.63) is 11.6 Å². The molecule has 1 aliphatic rings. The average molecular weight is 282 g/mol. The molecule has 0 amide bonds. The molecule has 1 fully saturated rings. The molecule has 2 unspecified atom stereocenters. The van der Waals surface area contributed by atoms with Gasteiger partial charge in [-0.15, -0.1) is 0 Å². The Morgan fingerprint density at radius 2 is 2.00 bits per heavy atom. The number of rotatable bonds is 7. The minimum absolute atomic E-state index is 0.341. The van der Waals surface area contributed by atoms with Crippen LogP contribution in [0.1, 0.15) is 53.9 Å². The lowest BCUT2D eigenvalue weighted by Gasteiger charge is -2.35. The summed E-state index contributed by atoms with van der Waals surface area (Å²) in [7, 11) is 0. The van der Waals surface area contributed by atoms with E-state index in [1.54, 1.807) is 0 Å². The Labute approximate surface area is 125 Å². The standard InChI is InChI=1S/C17H34N2O/c1-6-15(4)17(5,20)13-18-16-8-11-19(12-9-16)10-7-14(2)3/h7,15-16,18,20H,6,8-13H2,1-5H3. The van der Waals surface area contributed by atoms with Crippen LogP contribution in [-0.4, -0.2) is 47.8 Å². The zero-order valence-electron chi connectivity index (χ0n) is 14.1. The predicted octanol–water partition coefficient (Wildman–Crippen LogP) is 2.80. The van der Waals surface area contributed by atoms with Crippen LogP contribution < -0.4 is 5.32 Å². The number of nitrogens with zero attached hydrogens (tertiary/aromatic N) is 1. The fourth-order valence-electron chi connectivity index (χ4n) is 2.60. The summed E-state index contributed by atoms with van der Waals surface area (Å²) in [6, 6.07) is 0.563. The first-order chi connectivity index (χ1) is 9.35. The van der Waals surface area contributed by atoms with E-state index < -0.39 is 5.60 Å². The summed E-state index contributed by atoms with van der Waals surface area (Å²) in [6.45, 7) is 14.7. The number of hydrogen-bond acceptors (Lipinski definition) is 3. The molecule has 0 aliphatic carbocycles. The second-order valence-electron chi connectivity index (χ2n) is 6.90. The van der Waals surface area contributed by atoms with E-state index in [-0.39, 0.29) is 0 Å². The molecule has 3 heteroatoms. The molecule has 1 aliphatic heterocycles. The van der Waals surface area contributed by atoms with E-state index in [1.165, 1.54) is 18.4 Å². The summed E-state index contributed by atoms with van der Waals surface area (Å²) in [5.41, 5.74) is 0.809. The van der Waals surface area contributed by atoms with Gasteiger partial charge in [0.25, 0.3) is 0 Å². The van der Waals surface area contributed by atoms with Gasteiger partial charge in [0.2, 0.25) is 0 Å². The largest absolute Gasteiger partial charge is 0.389 e. The molecule has 0 aromatic carbocycles. The molecule has 0 radical (unpaired) electrons. The first kappa shape index (κ1) is 17.7. The van der Waals surface area contributed by atoms with Gasteiger partial charge in [-0.25, -0.2) is 0 Å². The Hall–Kier alpha value is -0.380. The summed E-state index contributed by atoms with van der Waals surface area (Å²) >= 11 is 0. The van der Waals surface area contributed by atoms with Crippen molar-refractivity contribution >= 4 is 0 Å². The molecule has 20 heavy (non-hydrogen) atoms. The molecular formula is C17H34N2O. The fourth-order valence-corrected chi connectivity index (χ4v) is 2.60. The molecule has 1 rings (SSSR count). The molecule has 0 aromatic heterocycles. The Balaban J connectivity index is 2.27. The van der Waals surface area contributed by atoms with Gasteiger partial charge in [-0.1, -0.05) is 31.9 Å². The Morgan fingerprint density at radius 3 is 2.50 bits per heavy atom. The zero-order valence-corrected chi connectivity index (χ0v) is 14.1. The molecular weight excluding hydrogens is 248 g/mol. The van der Waals surface area contributed by atoms with Crippen LogP contribution >= 0.6 is 0 Å². The van der Waals surface area contributed by atoms with Gasteiger partial charge in [-0.2, -0.15) is 0 Å². The Kier molecular flexibility index (Phi) is 7.21. The third kappa shape index (κ3) is 5.94. The lowest BCUT2D eigenvalue weighted by atomic mass is 9.88. The quantitative estimate of drug-likeness (QED) is 0.705. The molecule has 3 nitrogen and oxygen atoms in total. The number of aliphatic hydroxyl groups is 1. The predicted molar refractivity (Wildman–Crippen MR) is 87.0 cm³/mol. The van der Waals surface area contributed by atoms with Crippen LogP contribution in [0.2, 0.25) is 0 Å². The maximum absolute atomic E-state index is 10.4. The van der Waals surface area contributed by atoms with Crippen molar-refractivity contribution < 1.29 is 5.11 Å². The van der Waals surface area contributed by atoms with Crippen LogP contribution in [0.25, 0.3) is 0 Å². The van der Waals surface area contributed by atoms with Gasteiger partial charge in [0.05, 0.1) is 5.60 Å². The van der Waals surface area contributed by atoms with Crippen LogP contribution in [0.3, 0.4) is 0 Å². The lowest BCUT2D eigenvalue weighted by Crippen LogP contribution is -2.49. The summed E-state index contributed by atoms with van der Waals surface area (Å²) in [5.74, 6) is 0.341. The van der Waals surface area contributed by atoms with Crippen molar-refractivity contribution in [1.29, 1.82) is 0 Å². The highest BCUT2D eigenvalue weighted by Gasteiger charge is 2.28. The number of likely N-dealkylation sites (tertiary alicyclic amines) is 1. The first-order valence-electron chi connectivity index (χ1n) is 8.16. The molecule has 0 aromatic rings. The van der Waals surface area contributed by atoms with Gasteiger partial charge in [0.15, 0.2) is 0 Å². The average Bonchev–Trinajstić information content (AvgIpc) is 2.43. The second-order valence-corrected chi connectivity index (χ2v) is 6.90. The van der Waals surface area contributed by atoms with Crippen molar-refractivity contribution in [2.45, 2.75) is 65.5 Å². The Morgan fingerprint density at radius 1 is 1.40 bits per heavy atom. The van der Waals surface area contributed by atoms with Crippen LogP contribution in [0.5, 0.6) is 0 Å². The van der Waals surface area contributed by atoms with E-state index in [2.05, 4.69) is 44.0 Å². The van der Waals surface area contributed by atoms with Gasteiger partial charge in [-0.3, -0.25) is 4.90 Å². The zero-order chi connectivity index (χ0) is 15.2. The summed E-state index contributed by atoms with van der Waals surface area (Å²) in [6.07, 6.45) is 5.71. The van der Waals surface area contributed by atoms with E-state index in [1.807, 2.05) is 6.92 Å². The molecule has 2 atom stereocenters. The fraction of sp³-hybridized carbons (Fsp3) is 0.882. The van der Waals surface area contributed by atoms with E-state index in [0.717, 1.165) is 26.1 Å². The third-order valence-corrected chi connectivity index (χ3v) is 4.77. The highest BCUT2D eigenvalue weighted by molar-refractivity contribution is 4.96. The van der Waals surface area contributed by atoms with Gasteiger partial charge >= 0.3 is 0 Å². The van der Waals surface area contributed by atoms with Crippen LogP contribution in [0.4, 0.5) is 0 Å². The third-order valence-electron chi connectivity index (χ3n) is 4.77. The van der Waals surface area contributed by atoms with Gasteiger partial charge in [-0.05, 0) is 52.6 Å². The number of nitrogens with one attached hydrogen (secondary N) is 1. The van der Waals surface area contributed by atoms with E-state index in [0.29, 0.717) is 18.5 Å². The molecule has 1 heterocycles. The van der Waals surface area contributed by atoms with Crippen molar-refractivity contribution in [2.75, 3.05) is 26.2 Å². The summed E-state index contributed by atoms with van der Waals surface area (Å²) in [4.78, 5) is 2.51. The Bertz CT molecular complexity index is 300. The van der Waals surface area contributed by atoms with Crippen LogP contribution in [0.15, 0.2) is 11.6 Å². The minimum Gasteiger partial charge on any atom is -0.389 e. The second kappa shape index (κ2) is 8.16. The maximum Gasteiger partial charge on any atom is 0.0768 e. The molecule has 0 saturated carbocycles. The highest BCUT2D eigenvalue weighted by atomic mass is 16.3. The van der Waals surface area contributed by atoms with E-state index in [9.17, 15) is 5.11 Å². The number of hydrogen-bond donors (Lipinski definition) is 2. The molecule has 0 bridgehead atoms. The number of piperidine rings is 1. The van der Waals surface area contributed by atoms with E-state index >= 15 is 0 Å². The van der Waals surface area contributed by atoms with Gasteiger partial charge < -0.3 is 10.4 Å². The van der Waals surface area contributed by atoms with Crippen LogP contribution in [0, 0.1) is 5.92 Å². The van der Waals surface area contributed by atoms with Crippen molar-refractivity contribution in [1.82, 2.24) is 10.2 Å². The monoisotopic (exact) mass is 282 g/mol. The number of allylic oxidation sites excluding steroid dienone is 1. The van der Waals surface area contributed by atoms with Crippen molar-refractivity contribution in [2.24, 2.45) is 5.92 Å². The smallest absolute Gasteiger partial charge is 0.0768 e. The summed E-state index contributed by atoms with van der Waals surface area (Å²) in [5, 5.41) is 14.0. The molecule has 0 spiro atoms. The highest BCUT2D eigenvalue weighted by Crippen LogP contribution is 2.20.